The van der Waals surface area contributed by atoms with Crippen LogP contribution in [-0.4, -0.2) is 33.5 Å². The number of nitro groups is 1. The molecule has 1 fully saturated rings. The Balaban J connectivity index is 2.12. The van der Waals surface area contributed by atoms with Crippen LogP contribution < -0.4 is 0 Å². The first kappa shape index (κ1) is 14.4. The SMILES string of the molecule is O=C(O)CCN(Cc1cccc([N+](=O)[O-])c1F)C1CC1. The summed E-state index contributed by atoms with van der Waals surface area (Å²) in [6.45, 7) is 0.521. The van der Waals surface area contributed by atoms with Gasteiger partial charge in [-0.1, -0.05) is 12.1 Å². The number of nitrogens with zero attached hydrogens (tertiary/aromatic N) is 2. The van der Waals surface area contributed by atoms with Gasteiger partial charge in [0.25, 0.3) is 0 Å². The van der Waals surface area contributed by atoms with Gasteiger partial charge in [0.15, 0.2) is 0 Å². The summed E-state index contributed by atoms with van der Waals surface area (Å²) in [6.07, 6.45) is 1.89. The molecule has 1 aromatic rings. The molecule has 20 heavy (non-hydrogen) atoms. The van der Waals surface area contributed by atoms with Gasteiger partial charge in [-0.2, -0.15) is 4.39 Å². The fraction of sp³-hybridized carbons (Fsp3) is 0.462. The van der Waals surface area contributed by atoms with E-state index in [0.29, 0.717) is 6.54 Å². The second-order valence-corrected chi connectivity index (χ2v) is 4.85. The van der Waals surface area contributed by atoms with Crippen molar-refractivity contribution in [3.8, 4) is 0 Å². The van der Waals surface area contributed by atoms with Gasteiger partial charge in [-0.15, -0.1) is 0 Å². The van der Waals surface area contributed by atoms with Crippen molar-refractivity contribution in [2.45, 2.75) is 31.8 Å². The summed E-state index contributed by atoms with van der Waals surface area (Å²) < 4.78 is 14.0. The Morgan fingerprint density at radius 3 is 2.75 bits per heavy atom. The number of hydrogen-bond acceptors (Lipinski definition) is 4. The lowest BCUT2D eigenvalue weighted by molar-refractivity contribution is -0.387. The Kier molecular flexibility index (Phi) is 4.29. The molecule has 0 unspecified atom stereocenters. The number of aliphatic carboxylic acids is 1. The molecule has 0 aliphatic heterocycles. The van der Waals surface area contributed by atoms with E-state index in [2.05, 4.69) is 0 Å². The summed E-state index contributed by atoms with van der Waals surface area (Å²) in [5.41, 5.74) is -0.312. The van der Waals surface area contributed by atoms with E-state index in [1.165, 1.54) is 12.1 Å². The average molecular weight is 282 g/mol. The lowest BCUT2D eigenvalue weighted by atomic mass is 10.1. The highest BCUT2D eigenvalue weighted by Gasteiger charge is 2.30. The van der Waals surface area contributed by atoms with Crippen LogP contribution in [0.25, 0.3) is 0 Å². The molecule has 2 rings (SSSR count). The summed E-state index contributed by atoms with van der Waals surface area (Å²) in [5, 5.41) is 19.4. The molecule has 6 nitrogen and oxygen atoms in total. The standard InChI is InChI=1S/C13H15FN2O4/c14-13-9(2-1-3-11(13)16(19)20)8-15(10-4-5-10)7-6-12(17)18/h1-3,10H,4-8H2,(H,17,18). The van der Waals surface area contributed by atoms with Crippen molar-refractivity contribution in [1.29, 1.82) is 0 Å². The molecule has 1 aliphatic carbocycles. The summed E-state index contributed by atoms with van der Waals surface area (Å²) >= 11 is 0. The Bertz CT molecular complexity index is 531. The van der Waals surface area contributed by atoms with E-state index in [4.69, 9.17) is 5.11 Å². The van der Waals surface area contributed by atoms with Crippen LogP contribution in [0.2, 0.25) is 0 Å². The third-order valence-corrected chi connectivity index (χ3v) is 3.30. The van der Waals surface area contributed by atoms with Crippen LogP contribution in [0.3, 0.4) is 0 Å². The highest BCUT2D eigenvalue weighted by Crippen LogP contribution is 2.30. The summed E-state index contributed by atoms with van der Waals surface area (Å²) in [6, 6.07) is 4.32. The largest absolute Gasteiger partial charge is 0.481 e. The van der Waals surface area contributed by atoms with Crippen molar-refractivity contribution in [3.05, 3.63) is 39.7 Å². The van der Waals surface area contributed by atoms with Crippen molar-refractivity contribution >= 4 is 11.7 Å². The van der Waals surface area contributed by atoms with Crippen LogP contribution in [0.4, 0.5) is 10.1 Å². The molecule has 7 heteroatoms. The highest BCUT2D eigenvalue weighted by atomic mass is 19.1. The van der Waals surface area contributed by atoms with Gasteiger partial charge in [-0.25, -0.2) is 0 Å². The lowest BCUT2D eigenvalue weighted by Crippen LogP contribution is -2.28. The van der Waals surface area contributed by atoms with Gasteiger partial charge in [-0.05, 0) is 12.8 Å². The van der Waals surface area contributed by atoms with E-state index in [0.717, 1.165) is 18.9 Å². The lowest BCUT2D eigenvalue weighted by Gasteiger charge is -2.21. The van der Waals surface area contributed by atoms with Gasteiger partial charge in [0.2, 0.25) is 5.82 Å². The number of carboxylic acids is 1. The summed E-state index contributed by atoms with van der Waals surface area (Å²) in [7, 11) is 0. The molecular formula is C13H15FN2O4. The first-order valence-electron chi connectivity index (χ1n) is 6.36. The molecule has 0 saturated heterocycles. The predicted octanol–water partition coefficient (Wildman–Crippen LogP) is 2.17. The normalized spacial score (nSPS) is 14.5. The van der Waals surface area contributed by atoms with Gasteiger partial charge in [-0.3, -0.25) is 19.8 Å². The number of rotatable bonds is 7. The van der Waals surface area contributed by atoms with Gasteiger partial charge in [0, 0.05) is 30.8 Å². The van der Waals surface area contributed by atoms with E-state index in [9.17, 15) is 19.3 Å². The molecule has 108 valence electrons. The minimum atomic E-state index is -0.907. The van der Waals surface area contributed by atoms with Crippen molar-refractivity contribution in [3.63, 3.8) is 0 Å². The Morgan fingerprint density at radius 1 is 1.50 bits per heavy atom. The van der Waals surface area contributed by atoms with Crippen LogP contribution in [0, 0.1) is 15.9 Å². The topological polar surface area (TPSA) is 83.7 Å². The Labute approximate surface area is 115 Å². The van der Waals surface area contributed by atoms with Gasteiger partial charge in [0.05, 0.1) is 11.3 Å². The summed E-state index contributed by atoms with van der Waals surface area (Å²) in [5.74, 6) is -1.74. The van der Waals surface area contributed by atoms with Gasteiger partial charge in [0.1, 0.15) is 0 Å². The first-order valence-corrected chi connectivity index (χ1v) is 6.36. The fourth-order valence-electron chi connectivity index (χ4n) is 2.12. The maximum absolute atomic E-state index is 14.0. The molecule has 0 bridgehead atoms. The van der Waals surface area contributed by atoms with Crippen LogP contribution in [0.15, 0.2) is 18.2 Å². The van der Waals surface area contributed by atoms with Crippen LogP contribution >= 0.6 is 0 Å². The van der Waals surface area contributed by atoms with E-state index < -0.39 is 22.4 Å². The number of nitro benzene ring substituents is 1. The van der Waals surface area contributed by atoms with E-state index in [1.807, 2.05) is 4.90 Å². The van der Waals surface area contributed by atoms with E-state index >= 15 is 0 Å². The number of halogens is 1. The fourth-order valence-corrected chi connectivity index (χ4v) is 2.12. The molecule has 0 amide bonds. The second-order valence-electron chi connectivity index (χ2n) is 4.85. The third kappa shape index (κ3) is 3.51. The Morgan fingerprint density at radius 2 is 2.20 bits per heavy atom. The Hall–Kier alpha value is -2.02. The maximum Gasteiger partial charge on any atom is 0.305 e. The molecule has 0 aromatic heterocycles. The molecule has 1 N–H and O–H groups in total. The van der Waals surface area contributed by atoms with Crippen molar-refractivity contribution < 1.29 is 19.2 Å². The molecule has 0 spiro atoms. The maximum atomic E-state index is 14.0. The molecule has 1 saturated carbocycles. The zero-order valence-electron chi connectivity index (χ0n) is 10.8. The monoisotopic (exact) mass is 282 g/mol. The molecule has 0 radical (unpaired) electrons. The quantitative estimate of drug-likeness (QED) is 0.612. The number of benzene rings is 1. The van der Waals surface area contributed by atoms with Crippen molar-refractivity contribution in [2.75, 3.05) is 6.54 Å². The number of hydrogen-bond donors (Lipinski definition) is 1. The minimum Gasteiger partial charge on any atom is -0.481 e. The highest BCUT2D eigenvalue weighted by molar-refractivity contribution is 5.66. The second kappa shape index (κ2) is 5.96. The molecule has 0 heterocycles. The summed E-state index contributed by atoms with van der Waals surface area (Å²) in [4.78, 5) is 22.4. The smallest absolute Gasteiger partial charge is 0.305 e. The average Bonchev–Trinajstić information content (AvgIpc) is 3.20. The first-order chi connectivity index (χ1) is 9.49. The number of carboxylic acid groups (broad SMARTS) is 1. The van der Waals surface area contributed by atoms with E-state index in [-0.39, 0.29) is 24.6 Å². The van der Waals surface area contributed by atoms with Crippen molar-refractivity contribution in [2.24, 2.45) is 0 Å². The molecule has 1 aliphatic rings. The zero-order valence-corrected chi connectivity index (χ0v) is 10.8. The van der Waals surface area contributed by atoms with Crippen LogP contribution in [0.5, 0.6) is 0 Å². The van der Waals surface area contributed by atoms with Gasteiger partial charge < -0.3 is 5.11 Å². The third-order valence-electron chi connectivity index (χ3n) is 3.30. The zero-order chi connectivity index (χ0) is 14.7. The van der Waals surface area contributed by atoms with Crippen LogP contribution in [0.1, 0.15) is 24.8 Å². The van der Waals surface area contributed by atoms with E-state index in [1.54, 1.807) is 0 Å². The number of carbonyl (C=O) groups is 1. The minimum absolute atomic E-state index is 0.0208. The van der Waals surface area contributed by atoms with Gasteiger partial charge >= 0.3 is 11.7 Å². The predicted molar refractivity (Wildman–Crippen MR) is 68.7 cm³/mol. The van der Waals surface area contributed by atoms with Crippen LogP contribution in [-0.2, 0) is 11.3 Å². The molecular weight excluding hydrogens is 267 g/mol. The molecule has 0 atom stereocenters. The molecule has 1 aromatic carbocycles. The van der Waals surface area contributed by atoms with Crippen molar-refractivity contribution in [1.82, 2.24) is 4.90 Å².